The topological polar surface area (TPSA) is 17.8 Å². The van der Waals surface area contributed by atoms with Gasteiger partial charge in [0.2, 0.25) is 0 Å². The number of aromatic nitrogens is 2. The molecule has 1 aromatic carbocycles. The van der Waals surface area contributed by atoms with Crippen molar-refractivity contribution in [3.05, 3.63) is 53.6 Å². The van der Waals surface area contributed by atoms with Crippen molar-refractivity contribution in [2.75, 3.05) is 0 Å². The molecule has 0 atom stereocenters. The molecule has 2 rings (SSSR count). The fourth-order valence-corrected chi connectivity index (χ4v) is 1.88. The van der Waals surface area contributed by atoms with E-state index in [9.17, 15) is 0 Å². The predicted molar refractivity (Wildman–Crippen MR) is 65.2 cm³/mol. The normalized spacial score (nSPS) is 10.5. The number of nitrogens with zero attached hydrogens (tertiary/aromatic N) is 2. The molecule has 0 aliphatic carbocycles. The minimum absolute atomic E-state index is 0.730. The maximum atomic E-state index is 4.30. The van der Waals surface area contributed by atoms with Gasteiger partial charge in [-0.25, -0.2) is 4.98 Å². The van der Waals surface area contributed by atoms with Crippen molar-refractivity contribution in [3.8, 4) is 0 Å². The van der Waals surface area contributed by atoms with Gasteiger partial charge in [-0.3, -0.25) is 0 Å². The maximum absolute atomic E-state index is 4.30. The Hall–Kier alpha value is -1.22. The summed E-state index contributed by atoms with van der Waals surface area (Å²) in [5.74, 6) is 1.77. The second-order valence-electron chi connectivity index (χ2n) is 3.53. The molecule has 0 unspecified atom stereocenters. The van der Waals surface area contributed by atoms with E-state index < -0.39 is 0 Å². The Bertz CT molecular complexity index is 434. The van der Waals surface area contributed by atoms with Crippen molar-refractivity contribution in [2.24, 2.45) is 0 Å². The number of aryl methyl sites for hydroxylation is 1. The quantitative estimate of drug-likeness (QED) is 0.784. The van der Waals surface area contributed by atoms with E-state index in [2.05, 4.69) is 46.4 Å². The van der Waals surface area contributed by atoms with Crippen molar-refractivity contribution < 1.29 is 0 Å². The average molecular weight is 218 g/mol. The number of hydrogen-bond acceptors (Lipinski definition) is 2. The SMILES string of the molecule is Cc1ncc(CS)n1Cc1ccccc1. The number of hydrogen-bond donors (Lipinski definition) is 1. The largest absolute Gasteiger partial charge is 0.327 e. The molecular formula is C12H14N2S. The molecule has 0 aliphatic heterocycles. The second-order valence-corrected chi connectivity index (χ2v) is 3.84. The highest BCUT2D eigenvalue weighted by molar-refractivity contribution is 7.79. The number of benzene rings is 1. The lowest BCUT2D eigenvalue weighted by Crippen LogP contribution is -2.05. The fourth-order valence-electron chi connectivity index (χ4n) is 1.62. The van der Waals surface area contributed by atoms with Crippen LogP contribution in [0.1, 0.15) is 17.1 Å². The smallest absolute Gasteiger partial charge is 0.106 e. The third kappa shape index (κ3) is 2.23. The van der Waals surface area contributed by atoms with Gasteiger partial charge in [0, 0.05) is 24.2 Å². The van der Waals surface area contributed by atoms with Crippen LogP contribution in [0.2, 0.25) is 0 Å². The number of imidazole rings is 1. The van der Waals surface area contributed by atoms with Gasteiger partial charge in [-0.15, -0.1) is 0 Å². The molecule has 0 saturated carbocycles. The van der Waals surface area contributed by atoms with E-state index in [0.717, 1.165) is 18.1 Å². The zero-order chi connectivity index (χ0) is 10.7. The van der Waals surface area contributed by atoms with Gasteiger partial charge in [-0.05, 0) is 12.5 Å². The Morgan fingerprint density at radius 2 is 2.00 bits per heavy atom. The van der Waals surface area contributed by atoms with E-state index in [-0.39, 0.29) is 0 Å². The summed E-state index contributed by atoms with van der Waals surface area (Å²) in [6, 6.07) is 10.4. The first kappa shape index (κ1) is 10.3. The molecule has 78 valence electrons. The fraction of sp³-hybridized carbons (Fsp3) is 0.250. The zero-order valence-corrected chi connectivity index (χ0v) is 9.61. The zero-order valence-electron chi connectivity index (χ0n) is 8.72. The van der Waals surface area contributed by atoms with Crippen LogP contribution in [0, 0.1) is 6.92 Å². The summed E-state index contributed by atoms with van der Waals surface area (Å²) in [7, 11) is 0. The highest BCUT2D eigenvalue weighted by Gasteiger charge is 2.04. The first-order chi connectivity index (χ1) is 7.31. The van der Waals surface area contributed by atoms with Gasteiger partial charge < -0.3 is 4.57 Å². The van der Waals surface area contributed by atoms with Gasteiger partial charge in [-0.1, -0.05) is 30.3 Å². The van der Waals surface area contributed by atoms with E-state index in [1.165, 1.54) is 11.3 Å². The summed E-state index contributed by atoms with van der Waals surface area (Å²) < 4.78 is 2.20. The Labute approximate surface area is 95.4 Å². The predicted octanol–water partition coefficient (Wildman–Crippen LogP) is 2.67. The van der Waals surface area contributed by atoms with Gasteiger partial charge in [0.15, 0.2) is 0 Å². The summed E-state index contributed by atoms with van der Waals surface area (Å²) in [6.07, 6.45) is 1.89. The third-order valence-corrected chi connectivity index (χ3v) is 2.81. The van der Waals surface area contributed by atoms with E-state index in [1.54, 1.807) is 0 Å². The highest BCUT2D eigenvalue weighted by atomic mass is 32.1. The lowest BCUT2D eigenvalue weighted by molar-refractivity contribution is 0.735. The van der Waals surface area contributed by atoms with Crippen LogP contribution in [-0.2, 0) is 12.3 Å². The van der Waals surface area contributed by atoms with Crippen LogP contribution in [0.5, 0.6) is 0 Å². The van der Waals surface area contributed by atoms with Crippen molar-refractivity contribution >= 4 is 12.6 Å². The van der Waals surface area contributed by atoms with E-state index in [4.69, 9.17) is 0 Å². The molecular weight excluding hydrogens is 204 g/mol. The first-order valence-corrected chi connectivity index (χ1v) is 5.60. The maximum Gasteiger partial charge on any atom is 0.106 e. The minimum atomic E-state index is 0.730. The van der Waals surface area contributed by atoms with Crippen LogP contribution in [0.15, 0.2) is 36.5 Å². The molecule has 2 aromatic rings. The van der Waals surface area contributed by atoms with Crippen LogP contribution in [0.25, 0.3) is 0 Å². The molecule has 0 aliphatic rings. The summed E-state index contributed by atoms with van der Waals surface area (Å²) in [4.78, 5) is 4.30. The van der Waals surface area contributed by atoms with Crippen LogP contribution in [0.4, 0.5) is 0 Å². The number of thiol groups is 1. The third-order valence-electron chi connectivity index (χ3n) is 2.48. The first-order valence-electron chi connectivity index (χ1n) is 4.97. The minimum Gasteiger partial charge on any atom is -0.327 e. The van der Waals surface area contributed by atoms with Gasteiger partial charge >= 0.3 is 0 Å². The molecule has 3 heteroatoms. The molecule has 0 radical (unpaired) electrons. The van der Waals surface area contributed by atoms with E-state index >= 15 is 0 Å². The summed E-state index contributed by atoms with van der Waals surface area (Å²) in [5, 5.41) is 0. The lowest BCUT2D eigenvalue weighted by atomic mass is 10.2. The monoisotopic (exact) mass is 218 g/mol. The van der Waals surface area contributed by atoms with E-state index in [1.807, 2.05) is 19.2 Å². The van der Waals surface area contributed by atoms with Crippen LogP contribution >= 0.6 is 12.6 Å². The Morgan fingerprint density at radius 3 is 2.67 bits per heavy atom. The molecule has 0 fully saturated rings. The highest BCUT2D eigenvalue weighted by Crippen LogP contribution is 2.11. The van der Waals surface area contributed by atoms with Crippen molar-refractivity contribution in [3.63, 3.8) is 0 Å². The molecule has 0 amide bonds. The van der Waals surface area contributed by atoms with Gasteiger partial charge in [0.05, 0.1) is 0 Å². The molecule has 0 spiro atoms. The average Bonchev–Trinajstić information content (AvgIpc) is 2.62. The van der Waals surface area contributed by atoms with Crippen molar-refractivity contribution in [2.45, 2.75) is 19.2 Å². The molecule has 0 bridgehead atoms. The molecule has 1 aromatic heterocycles. The van der Waals surface area contributed by atoms with Gasteiger partial charge in [0.1, 0.15) is 5.82 Å². The number of rotatable bonds is 3. The van der Waals surface area contributed by atoms with Gasteiger partial charge in [0.25, 0.3) is 0 Å². The van der Waals surface area contributed by atoms with Crippen LogP contribution < -0.4 is 0 Å². The molecule has 0 N–H and O–H groups in total. The second kappa shape index (κ2) is 4.53. The molecule has 2 nitrogen and oxygen atoms in total. The van der Waals surface area contributed by atoms with Crippen molar-refractivity contribution in [1.82, 2.24) is 9.55 Å². The Morgan fingerprint density at radius 1 is 1.27 bits per heavy atom. The van der Waals surface area contributed by atoms with E-state index in [0.29, 0.717) is 0 Å². The Kier molecular flexibility index (Phi) is 3.11. The van der Waals surface area contributed by atoms with Crippen molar-refractivity contribution in [1.29, 1.82) is 0 Å². The van der Waals surface area contributed by atoms with Crippen LogP contribution in [0.3, 0.4) is 0 Å². The summed E-state index contributed by atoms with van der Waals surface area (Å²) >= 11 is 4.30. The van der Waals surface area contributed by atoms with Crippen LogP contribution in [-0.4, -0.2) is 9.55 Å². The summed E-state index contributed by atoms with van der Waals surface area (Å²) in [6.45, 7) is 2.90. The van der Waals surface area contributed by atoms with Gasteiger partial charge in [-0.2, -0.15) is 12.6 Å². The molecule has 1 heterocycles. The lowest BCUT2D eigenvalue weighted by Gasteiger charge is -2.08. The summed E-state index contributed by atoms with van der Waals surface area (Å²) in [5.41, 5.74) is 2.46. The molecule has 0 saturated heterocycles. The molecule has 15 heavy (non-hydrogen) atoms. The standard InChI is InChI=1S/C12H14N2S/c1-10-13-7-12(9-15)14(10)8-11-5-3-2-4-6-11/h2-7,15H,8-9H2,1H3. The Balaban J connectivity index is 2.27.